The van der Waals surface area contributed by atoms with Gasteiger partial charge in [0, 0.05) is 13.6 Å². The van der Waals surface area contributed by atoms with Crippen LogP contribution >= 0.6 is 61.7 Å². The lowest BCUT2D eigenvalue weighted by atomic mass is 10.1. The number of rotatable bonds is 2. The lowest BCUT2D eigenvalue weighted by Crippen LogP contribution is -2.00. The molecule has 70 valence electrons. The average molecular weight is 394 g/mol. The molecule has 0 spiro atoms. The number of alkyl halides is 1. The van der Waals surface area contributed by atoms with Crippen molar-refractivity contribution in [2.24, 2.45) is 0 Å². The van der Waals surface area contributed by atoms with Crippen molar-refractivity contribution in [3.8, 4) is 0 Å². The monoisotopic (exact) mass is 392 g/mol. The van der Waals surface area contributed by atoms with Gasteiger partial charge in [-0.1, -0.05) is 11.6 Å². The molecule has 5 heteroatoms. The molecule has 0 fully saturated rings. The Bertz CT molecular complexity index is 331. The fourth-order valence-corrected chi connectivity index (χ4v) is 2.05. The van der Waals surface area contributed by atoms with Gasteiger partial charge >= 0.3 is 0 Å². The molecule has 13 heavy (non-hydrogen) atoms. The van der Waals surface area contributed by atoms with Gasteiger partial charge in [-0.15, -0.1) is 11.6 Å². The van der Waals surface area contributed by atoms with Crippen LogP contribution in [0.5, 0.6) is 0 Å². The van der Waals surface area contributed by atoms with Crippen LogP contribution in [0.1, 0.15) is 10.4 Å². The molecule has 0 saturated heterocycles. The minimum Gasteiger partial charge on any atom is -0.293 e. The van der Waals surface area contributed by atoms with Crippen LogP contribution in [0.25, 0.3) is 0 Å². The number of carbonyl (C=O) groups excluding carboxylic acids is 1. The molecule has 0 unspecified atom stereocenters. The summed E-state index contributed by atoms with van der Waals surface area (Å²) in [6, 6.07) is 3.34. The number of ketones is 1. The highest BCUT2D eigenvalue weighted by atomic mass is 127. The molecule has 0 amide bonds. The maximum absolute atomic E-state index is 11.2. The predicted octanol–water partition coefficient (Wildman–Crippen LogP) is 4.13. The smallest absolute Gasteiger partial charge is 0.177 e. The number of carbonyl (C=O) groups is 1. The van der Waals surface area contributed by atoms with Crippen LogP contribution in [-0.4, -0.2) is 11.7 Å². The van der Waals surface area contributed by atoms with E-state index in [4.69, 9.17) is 23.2 Å². The quantitative estimate of drug-likeness (QED) is 0.319. The SMILES string of the molecule is O=C(CCl)c1cc(Cl)c(I)c(Br)c1. The van der Waals surface area contributed by atoms with E-state index in [-0.39, 0.29) is 11.7 Å². The van der Waals surface area contributed by atoms with Crippen molar-refractivity contribution in [2.45, 2.75) is 0 Å². The Kier molecular flexibility index (Phi) is 4.48. The van der Waals surface area contributed by atoms with E-state index >= 15 is 0 Å². The Morgan fingerprint density at radius 3 is 2.62 bits per heavy atom. The number of hydrogen-bond donors (Lipinski definition) is 0. The summed E-state index contributed by atoms with van der Waals surface area (Å²) in [5, 5.41) is 0.559. The summed E-state index contributed by atoms with van der Waals surface area (Å²) in [6.45, 7) is 0. The Labute approximate surface area is 108 Å². The molecule has 1 rings (SSSR count). The third-order valence-electron chi connectivity index (χ3n) is 1.43. The molecular weight excluding hydrogens is 390 g/mol. The molecule has 1 aromatic rings. The molecule has 0 aliphatic rings. The van der Waals surface area contributed by atoms with Gasteiger partial charge in [-0.3, -0.25) is 4.79 Å². The standard InChI is InChI=1S/C8H4BrCl2IO/c9-5-1-4(7(13)3-10)2-6(11)8(5)12/h1-2H,3H2. The molecule has 0 aromatic heterocycles. The number of halogens is 4. The van der Waals surface area contributed by atoms with Gasteiger partial charge < -0.3 is 0 Å². The highest BCUT2D eigenvalue weighted by molar-refractivity contribution is 14.1. The molecule has 0 atom stereocenters. The van der Waals surface area contributed by atoms with Crippen molar-refractivity contribution in [2.75, 3.05) is 5.88 Å². The molecule has 1 nitrogen and oxygen atoms in total. The summed E-state index contributed by atoms with van der Waals surface area (Å²) in [6.07, 6.45) is 0. The van der Waals surface area contributed by atoms with Crippen LogP contribution in [-0.2, 0) is 0 Å². The van der Waals surface area contributed by atoms with Gasteiger partial charge in [0.05, 0.1) is 10.9 Å². The maximum Gasteiger partial charge on any atom is 0.177 e. The Morgan fingerprint density at radius 2 is 2.15 bits per heavy atom. The Balaban J connectivity index is 3.20. The van der Waals surface area contributed by atoms with Crippen LogP contribution in [0.3, 0.4) is 0 Å². The molecule has 0 aliphatic carbocycles. The van der Waals surface area contributed by atoms with Crippen molar-refractivity contribution < 1.29 is 4.79 Å². The Hall–Kier alpha value is 0.680. The highest BCUT2D eigenvalue weighted by Crippen LogP contribution is 2.28. The van der Waals surface area contributed by atoms with Gasteiger partial charge in [0.1, 0.15) is 0 Å². The van der Waals surface area contributed by atoms with Gasteiger partial charge in [-0.2, -0.15) is 0 Å². The summed E-state index contributed by atoms with van der Waals surface area (Å²) in [5.41, 5.74) is 0.535. The van der Waals surface area contributed by atoms with Crippen molar-refractivity contribution in [3.63, 3.8) is 0 Å². The fourth-order valence-electron chi connectivity index (χ4n) is 0.794. The minimum atomic E-state index is -0.124. The van der Waals surface area contributed by atoms with E-state index in [9.17, 15) is 4.79 Å². The largest absolute Gasteiger partial charge is 0.293 e. The molecule has 0 bridgehead atoms. The first kappa shape index (κ1) is 11.8. The van der Waals surface area contributed by atoms with Crippen LogP contribution in [0, 0.1) is 3.57 Å². The zero-order valence-corrected chi connectivity index (χ0v) is 11.5. The molecule has 0 aliphatic heterocycles. The lowest BCUT2D eigenvalue weighted by Gasteiger charge is -2.02. The number of benzene rings is 1. The van der Waals surface area contributed by atoms with E-state index in [1.54, 1.807) is 12.1 Å². The predicted molar refractivity (Wildman–Crippen MR) is 66.9 cm³/mol. The zero-order chi connectivity index (χ0) is 10.0. The van der Waals surface area contributed by atoms with E-state index in [1.165, 1.54) is 0 Å². The van der Waals surface area contributed by atoms with Crippen molar-refractivity contribution >= 4 is 67.5 Å². The number of Topliss-reactive ketones (excluding diaryl/α,β-unsaturated/α-hetero) is 1. The first-order valence-electron chi connectivity index (χ1n) is 3.30. The summed E-state index contributed by atoms with van der Waals surface area (Å²) < 4.78 is 1.71. The van der Waals surface area contributed by atoms with Gasteiger partial charge in [0.25, 0.3) is 0 Å². The normalized spacial score (nSPS) is 10.2. The summed E-state index contributed by atoms with van der Waals surface area (Å²) in [7, 11) is 0. The summed E-state index contributed by atoms with van der Waals surface area (Å²) in [4.78, 5) is 11.2. The van der Waals surface area contributed by atoms with Gasteiger partial charge in [-0.25, -0.2) is 0 Å². The summed E-state index contributed by atoms with van der Waals surface area (Å²) in [5.74, 6) is -0.149. The second kappa shape index (κ2) is 4.96. The van der Waals surface area contributed by atoms with Crippen LogP contribution in [0.2, 0.25) is 5.02 Å². The van der Waals surface area contributed by atoms with Gasteiger partial charge in [0.15, 0.2) is 5.78 Å². The third-order valence-corrected chi connectivity index (χ3v) is 4.82. The number of hydrogen-bond acceptors (Lipinski definition) is 1. The molecule has 0 N–H and O–H groups in total. The van der Waals surface area contributed by atoms with E-state index in [1.807, 2.05) is 0 Å². The van der Waals surface area contributed by atoms with Gasteiger partial charge in [-0.05, 0) is 50.7 Å². The Morgan fingerprint density at radius 1 is 1.54 bits per heavy atom. The molecular formula is C8H4BrCl2IO. The molecule has 0 radical (unpaired) electrons. The molecule has 0 saturated carbocycles. The van der Waals surface area contributed by atoms with E-state index in [0.717, 1.165) is 8.04 Å². The van der Waals surface area contributed by atoms with Crippen LogP contribution in [0.4, 0.5) is 0 Å². The first-order chi connectivity index (χ1) is 6.06. The van der Waals surface area contributed by atoms with Gasteiger partial charge in [0.2, 0.25) is 0 Å². The minimum absolute atomic E-state index is 0.0244. The second-order valence-corrected chi connectivity index (χ2v) is 4.92. The summed E-state index contributed by atoms with van der Waals surface area (Å²) >= 11 is 16.7. The molecule has 1 aromatic carbocycles. The van der Waals surface area contributed by atoms with E-state index < -0.39 is 0 Å². The maximum atomic E-state index is 11.2. The van der Waals surface area contributed by atoms with E-state index in [2.05, 4.69) is 38.5 Å². The lowest BCUT2D eigenvalue weighted by molar-refractivity contribution is 0.102. The third kappa shape index (κ3) is 2.81. The zero-order valence-electron chi connectivity index (χ0n) is 6.28. The topological polar surface area (TPSA) is 17.1 Å². The second-order valence-electron chi connectivity index (χ2n) is 2.31. The van der Waals surface area contributed by atoms with Crippen LogP contribution < -0.4 is 0 Å². The van der Waals surface area contributed by atoms with Crippen LogP contribution in [0.15, 0.2) is 16.6 Å². The fraction of sp³-hybridized carbons (Fsp3) is 0.125. The highest BCUT2D eigenvalue weighted by Gasteiger charge is 2.09. The van der Waals surface area contributed by atoms with Crippen molar-refractivity contribution in [1.82, 2.24) is 0 Å². The van der Waals surface area contributed by atoms with E-state index in [0.29, 0.717) is 10.6 Å². The van der Waals surface area contributed by atoms with Crippen molar-refractivity contribution in [1.29, 1.82) is 0 Å². The average Bonchev–Trinajstić information content (AvgIpc) is 2.12. The molecule has 0 heterocycles. The van der Waals surface area contributed by atoms with Crippen molar-refractivity contribution in [3.05, 3.63) is 30.8 Å². The first-order valence-corrected chi connectivity index (χ1v) is 6.08.